The van der Waals surface area contributed by atoms with E-state index in [9.17, 15) is 9.59 Å². The fourth-order valence-corrected chi connectivity index (χ4v) is 4.79. The predicted molar refractivity (Wildman–Crippen MR) is 147 cm³/mol. The fourth-order valence-electron chi connectivity index (χ4n) is 4.79. The van der Waals surface area contributed by atoms with Gasteiger partial charge in [0.1, 0.15) is 12.4 Å². The van der Waals surface area contributed by atoms with Crippen molar-refractivity contribution in [2.45, 2.75) is 19.8 Å². The number of piperidine rings is 1. The van der Waals surface area contributed by atoms with Gasteiger partial charge in [-0.3, -0.25) is 15.0 Å². The molecule has 2 aliphatic heterocycles. The number of nitrogens with one attached hydrogen (secondary N) is 2. The van der Waals surface area contributed by atoms with Crippen LogP contribution in [0.3, 0.4) is 0 Å². The maximum Gasteiger partial charge on any atom is 0.411 e. The van der Waals surface area contributed by atoms with Gasteiger partial charge in [0, 0.05) is 50.0 Å². The molecule has 2 amide bonds. The van der Waals surface area contributed by atoms with Crippen LogP contribution in [0.2, 0.25) is 0 Å². The summed E-state index contributed by atoms with van der Waals surface area (Å²) in [4.78, 5) is 31.8. The summed E-state index contributed by atoms with van der Waals surface area (Å²) >= 11 is 0. The average molecular weight is 510 g/mol. The molecule has 200 valence electrons. The molecule has 2 heterocycles. The summed E-state index contributed by atoms with van der Waals surface area (Å²) in [5, 5.41) is 5.88. The minimum absolute atomic E-state index is 0.0899. The van der Waals surface area contributed by atoms with Crippen LogP contribution < -0.4 is 20.3 Å². The van der Waals surface area contributed by atoms with E-state index >= 15 is 0 Å². The molecule has 2 fully saturated rings. The van der Waals surface area contributed by atoms with Crippen molar-refractivity contribution in [2.24, 2.45) is 5.92 Å². The number of hydrogen-bond acceptors (Lipinski definition) is 7. The minimum atomic E-state index is -0.482. The van der Waals surface area contributed by atoms with Crippen LogP contribution in [-0.2, 0) is 9.53 Å². The van der Waals surface area contributed by atoms with Gasteiger partial charge >= 0.3 is 6.09 Å². The van der Waals surface area contributed by atoms with Crippen LogP contribution in [0, 0.1) is 5.92 Å². The Kier molecular flexibility index (Phi) is 9.62. The van der Waals surface area contributed by atoms with E-state index in [4.69, 9.17) is 9.47 Å². The van der Waals surface area contributed by atoms with Crippen LogP contribution in [0.4, 0.5) is 21.9 Å². The normalized spacial score (nSPS) is 17.3. The molecule has 0 aromatic heterocycles. The monoisotopic (exact) mass is 509 g/mol. The number of ether oxygens (including phenoxy) is 2. The molecule has 0 atom stereocenters. The summed E-state index contributed by atoms with van der Waals surface area (Å²) in [6.45, 7) is 8.88. The first-order valence-corrected chi connectivity index (χ1v) is 13.2. The Hall–Kier alpha value is -3.30. The second-order valence-electron chi connectivity index (χ2n) is 9.64. The van der Waals surface area contributed by atoms with Gasteiger partial charge in [-0.2, -0.15) is 0 Å². The largest absolute Gasteiger partial charge is 0.492 e. The van der Waals surface area contributed by atoms with E-state index in [-0.39, 0.29) is 11.8 Å². The maximum absolute atomic E-state index is 12.7. The van der Waals surface area contributed by atoms with Crippen molar-refractivity contribution in [1.82, 2.24) is 9.80 Å². The Labute approximate surface area is 219 Å². The van der Waals surface area contributed by atoms with Gasteiger partial charge < -0.3 is 24.6 Å². The first-order chi connectivity index (χ1) is 18.0. The van der Waals surface area contributed by atoms with Crippen molar-refractivity contribution in [3.8, 4) is 5.75 Å². The van der Waals surface area contributed by atoms with Gasteiger partial charge in [-0.25, -0.2) is 4.79 Å². The molecular weight excluding hydrogens is 470 g/mol. The van der Waals surface area contributed by atoms with E-state index in [1.54, 1.807) is 6.07 Å². The van der Waals surface area contributed by atoms with Crippen molar-refractivity contribution >= 4 is 29.1 Å². The molecule has 0 radical (unpaired) electrons. The third kappa shape index (κ3) is 7.84. The first-order valence-electron chi connectivity index (χ1n) is 13.2. The third-order valence-corrected chi connectivity index (χ3v) is 7.00. The topological polar surface area (TPSA) is 86.4 Å². The third-order valence-electron chi connectivity index (χ3n) is 7.00. The molecule has 2 saturated heterocycles. The minimum Gasteiger partial charge on any atom is -0.492 e. The van der Waals surface area contributed by atoms with Crippen LogP contribution in [0.5, 0.6) is 5.75 Å². The summed E-state index contributed by atoms with van der Waals surface area (Å²) in [6.07, 6.45) is 1.34. The molecule has 0 aliphatic carbocycles. The lowest BCUT2D eigenvalue weighted by molar-refractivity contribution is -0.121. The molecular formula is C28H39N5O4. The van der Waals surface area contributed by atoms with Gasteiger partial charge in [0.15, 0.2) is 0 Å². The van der Waals surface area contributed by atoms with E-state index in [2.05, 4.69) is 44.5 Å². The standard InChI is InChI=1S/C28H39N5O4/c1-3-36-26-10-5-4-9-25(26)30-28(35)37-20-19-32-15-17-33(18-16-32)24-8-6-7-23(21-24)29-27(34)22-11-13-31(2)14-12-22/h4-10,21-22H,3,11-20H2,1-2H3,(H,29,34)(H,30,35). The summed E-state index contributed by atoms with van der Waals surface area (Å²) in [5.74, 6) is 0.844. The van der Waals surface area contributed by atoms with E-state index in [1.165, 1.54) is 0 Å². The van der Waals surface area contributed by atoms with Gasteiger partial charge in [0.25, 0.3) is 0 Å². The van der Waals surface area contributed by atoms with E-state index in [1.807, 2.05) is 37.3 Å². The van der Waals surface area contributed by atoms with Gasteiger partial charge in [-0.05, 0) is 70.2 Å². The molecule has 0 saturated carbocycles. The average Bonchev–Trinajstić information content (AvgIpc) is 2.91. The van der Waals surface area contributed by atoms with Crippen molar-refractivity contribution in [3.63, 3.8) is 0 Å². The number of nitrogens with zero attached hydrogens (tertiary/aromatic N) is 3. The number of anilines is 3. The Bertz CT molecular complexity index is 1030. The van der Waals surface area contributed by atoms with E-state index in [0.717, 1.165) is 63.5 Å². The Morgan fingerprint density at radius 1 is 0.946 bits per heavy atom. The number of carbonyl (C=O) groups excluding carboxylic acids is 2. The molecule has 37 heavy (non-hydrogen) atoms. The van der Waals surface area contributed by atoms with Crippen LogP contribution in [0.15, 0.2) is 48.5 Å². The zero-order chi connectivity index (χ0) is 26.0. The smallest absolute Gasteiger partial charge is 0.411 e. The SMILES string of the molecule is CCOc1ccccc1NC(=O)OCCN1CCN(c2cccc(NC(=O)C3CCN(C)CC3)c2)CC1. The zero-order valence-corrected chi connectivity index (χ0v) is 21.9. The molecule has 2 aliphatic rings. The molecule has 0 unspecified atom stereocenters. The number of para-hydroxylation sites is 2. The summed E-state index contributed by atoms with van der Waals surface area (Å²) in [7, 11) is 2.10. The lowest BCUT2D eigenvalue weighted by Crippen LogP contribution is -2.47. The van der Waals surface area contributed by atoms with Gasteiger partial charge in [-0.1, -0.05) is 18.2 Å². The summed E-state index contributed by atoms with van der Waals surface area (Å²) in [6, 6.07) is 15.4. The van der Waals surface area contributed by atoms with E-state index < -0.39 is 6.09 Å². The highest BCUT2D eigenvalue weighted by atomic mass is 16.5. The fraction of sp³-hybridized carbons (Fsp3) is 0.500. The highest BCUT2D eigenvalue weighted by molar-refractivity contribution is 5.93. The number of piperazine rings is 1. The van der Waals surface area contributed by atoms with Gasteiger partial charge in [0.05, 0.1) is 12.3 Å². The molecule has 0 bridgehead atoms. The second-order valence-corrected chi connectivity index (χ2v) is 9.64. The van der Waals surface area contributed by atoms with Crippen molar-refractivity contribution < 1.29 is 19.1 Å². The lowest BCUT2D eigenvalue weighted by atomic mass is 9.96. The molecule has 9 heteroatoms. The van der Waals surface area contributed by atoms with Crippen LogP contribution >= 0.6 is 0 Å². The Morgan fingerprint density at radius 2 is 1.70 bits per heavy atom. The van der Waals surface area contributed by atoms with Gasteiger partial charge in [0.2, 0.25) is 5.91 Å². The molecule has 2 aromatic rings. The van der Waals surface area contributed by atoms with Crippen molar-refractivity contribution in [3.05, 3.63) is 48.5 Å². The second kappa shape index (κ2) is 13.3. The number of amides is 2. The molecule has 0 spiro atoms. The predicted octanol–water partition coefficient (Wildman–Crippen LogP) is 3.74. The Morgan fingerprint density at radius 3 is 2.46 bits per heavy atom. The van der Waals surface area contributed by atoms with Crippen LogP contribution in [0.25, 0.3) is 0 Å². The summed E-state index contributed by atoms with van der Waals surface area (Å²) in [5.41, 5.74) is 2.58. The molecule has 2 aromatic carbocycles. The van der Waals surface area contributed by atoms with Crippen LogP contribution in [0.1, 0.15) is 19.8 Å². The number of likely N-dealkylation sites (tertiary alicyclic amines) is 1. The highest BCUT2D eigenvalue weighted by Crippen LogP contribution is 2.25. The van der Waals surface area contributed by atoms with Crippen LogP contribution in [-0.4, -0.2) is 87.9 Å². The molecule has 2 N–H and O–H groups in total. The van der Waals surface area contributed by atoms with E-state index in [0.29, 0.717) is 31.2 Å². The Balaban J connectivity index is 1.18. The number of benzene rings is 2. The first kappa shape index (κ1) is 26.8. The quantitative estimate of drug-likeness (QED) is 0.533. The molecule has 9 nitrogen and oxygen atoms in total. The van der Waals surface area contributed by atoms with Crippen molar-refractivity contribution in [1.29, 1.82) is 0 Å². The van der Waals surface area contributed by atoms with Gasteiger partial charge in [-0.15, -0.1) is 0 Å². The summed E-state index contributed by atoms with van der Waals surface area (Å²) < 4.78 is 10.9. The highest BCUT2D eigenvalue weighted by Gasteiger charge is 2.24. The zero-order valence-electron chi connectivity index (χ0n) is 21.9. The maximum atomic E-state index is 12.7. The van der Waals surface area contributed by atoms with Crippen molar-refractivity contribution in [2.75, 3.05) is 81.6 Å². The number of carbonyl (C=O) groups is 2. The molecule has 4 rings (SSSR count). The number of rotatable bonds is 9. The lowest BCUT2D eigenvalue weighted by Gasteiger charge is -2.36. The number of hydrogen-bond donors (Lipinski definition) is 2.